The maximum absolute atomic E-state index is 3.38. The highest BCUT2D eigenvalue weighted by atomic mass is 127. The first-order valence-corrected chi connectivity index (χ1v) is 5.18. The van der Waals surface area contributed by atoms with Crippen molar-refractivity contribution in [2.24, 2.45) is 0 Å². The SMILES string of the molecule is BrCCCCCI. The van der Waals surface area contributed by atoms with Gasteiger partial charge in [0, 0.05) is 5.33 Å². The molecule has 0 aliphatic carbocycles. The third-order valence-electron chi connectivity index (χ3n) is 0.767. The lowest BCUT2D eigenvalue weighted by molar-refractivity contribution is 0.795. The van der Waals surface area contributed by atoms with Gasteiger partial charge in [-0.2, -0.15) is 0 Å². The Bertz CT molecular complexity index is 27.3. The predicted molar refractivity (Wildman–Crippen MR) is 46.5 cm³/mol. The molecule has 0 heterocycles. The third kappa shape index (κ3) is 7.21. The summed E-state index contributed by atoms with van der Waals surface area (Å²) in [5.41, 5.74) is 0. The lowest BCUT2D eigenvalue weighted by Crippen LogP contribution is -1.76. The van der Waals surface area contributed by atoms with Gasteiger partial charge in [0.15, 0.2) is 0 Å². The van der Waals surface area contributed by atoms with Crippen LogP contribution in [0.1, 0.15) is 19.3 Å². The fourth-order valence-corrected chi connectivity index (χ4v) is 1.30. The van der Waals surface area contributed by atoms with E-state index in [0.717, 1.165) is 0 Å². The van der Waals surface area contributed by atoms with Crippen molar-refractivity contribution in [1.29, 1.82) is 0 Å². The highest BCUT2D eigenvalue weighted by Gasteiger charge is 1.81. The summed E-state index contributed by atoms with van der Waals surface area (Å²) in [5, 5.41) is 1.17. The van der Waals surface area contributed by atoms with E-state index >= 15 is 0 Å². The highest BCUT2D eigenvalue weighted by molar-refractivity contribution is 14.1. The Morgan fingerprint density at radius 3 is 2.29 bits per heavy atom. The molecule has 0 fully saturated rings. The smallest absolute Gasteiger partial charge is 0.00313 e. The Labute approximate surface area is 67.3 Å². The number of hydrogen-bond donors (Lipinski definition) is 0. The van der Waals surface area contributed by atoms with Crippen molar-refractivity contribution in [3.8, 4) is 0 Å². The first-order valence-electron chi connectivity index (χ1n) is 2.53. The maximum Gasteiger partial charge on any atom is 0.00313 e. The minimum atomic E-state index is 1.17. The van der Waals surface area contributed by atoms with E-state index in [0.29, 0.717) is 0 Å². The summed E-state index contributed by atoms with van der Waals surface area (Å²) in [7, 11) is 0. The van der Waals surface area contributed by atoms with E-state index in [9.17, 15) is 0 Å². The van der Waals surface area contributed by atoms with Crippen molar-refractivity contribution < 1.29 is 0 Å². The second kappa shape index (κ2) is 7.21. The van der Waals surface area contributed by atoms with Crippen LogP contribution in [0.25, 0.3) is 0 Å². The highest BCUT2D eigenvalue weighted by Crippen LogP contribution is 2.00. The second-order valence-electron chi connectivity index (χ2n) is 1.44. The zero-order valence-electron chi connectivity index (χ0n) is 4.29. The summed E-state index contributed by atoms with van der Waals surface area (Å²) in [6, 6.07) is 0. The van der Waals surface area contributed by atoms with Crippen molar-refractivity contribution in [2.45, 2.75) is 19.3 Å². The zero-order chi connectivity index (χ0) is 5.54. The molecule has 0 aromatic rings. The molecule has 0 aliphatic rings. The van der Waals surface area contributed by atoms with Crippen molar-refractivity contribution in [3.63, 3.8) is 0 Å². The van der Waals surface area contributed by atoms with Crippen LogP contribution in [-0.2, 0) is 0 Å². The number of alkyl halides is 2. The van der Waals surface area contributed by atoms with E-state index < -0.39 is 0 Å². The summed E-state index contributed by atoms with van der Waals surface area (Å²) < 4.78 is 1.31. The van der Waals surface area contributed by atoms with Crippen LogP contribution < -0.4 is 0 Å². The molecule has 0 bridgehead atoms. The molecule has 2 heteroatoms. The molecule has 0 N–H and O–H groups in total. The standard InChI is InChI=1S/C5H10BrI/c6-4-2-1-3-5-7/h1-5H2. The molecular weight excluding hydrogens is 267 g/mol. The number of halogens is 2. The van der Waals surface area contributed by atoms with Crippen molar-refractivity contribution >= 4 is 38.5 Å². The van der Waals surface area contributed by atoms with Gasteiger partial charge in [-0.1, -0.05) is 44.9 Å². The first-order chi connectivity index (χ1) is 3.41. The molecule has 0 amide bonds. The summed E-state index contributed by atoms with van der Waals surface area (Å²) in [6.07, 6.45) is 4.10. The van der Waals surface area contributed by atoms with E-state index in [4.69, 9.17) is 0 Å². The van der Waals surface area contributed by atoms with Crippen LogP contribution in [0.4, 0.5) is 0 Å². The van der Waals surface area contributed by atoms with Gasteiger partial charge in [-0.05, 0) is 17.3 Å². The molecular formula is C5H10BrI. The van der Waals surface area contributed by atoms with Gasteiger partial charge < -0.3 is 0 Å². The largest absolute Gasteiger partial charge is 0.0928 e. The molecule has 0 aliphatic heterocycles. The Kier molecular flexibility index (Phi) is 8.46. The van der Waals surface area contributed by atoms with Crippen LogP contribution in [0.3, 0.4) is 0 Å². The van der Waals surface area contributed by atoms with E-state index in [2.05, 4.69) is 38.5 Å². The van der Waals surface area contributed by atoms with Crippen LogP contribution in [0.15, 0.2) is 0 Å². The molecule has 7 heavy (non-hydrogen) atoms. The fourth-order valence-electron chi connectivity index (χ4n) is 0.366. The molecule has 0 unspecified atom stereocenters. The monoisotopic (exact) mass is 276 g/mol. The molecule has 0 saturated heterocycles. The zero-order valence-corrected chi connectivity index (χ0v) is 8.03. The molecule has 0 nitrogen and oxygen atoms in total. The van der Waals surface area contributed by atoms with E-state index in [1.807, 2.05) is 0 Å². The average molecular weight is 277 g/mol. The average Bonchev–Trinajstić information content (AvgIpc) is 1.69. The van der Waals surface area contributed by atoms with Crippen molar-refractivity contribution in [1.82, 2.24) is 0 Å². The number of rotatable bonds is 4. The van der Waals surface area contributed by atoms with Gasteiger partial charge in [0.25, 0.3) is 0 Å². The normalized spacial score (nSPS) is 9.43. The minimum Gasteiger partial charge on any atom is -0.0928 e. The maximum atomic E-state index is 3.38. The fraction of sp³-hybridized carbons (Fsp3) is 1.00. The molecule has 44 valence electrons. The first kappa shape index (κ1) is 8.21. The van der Waals surface area contributed by atoms with Gasteiger partial charge in [0.2, 0.25) is 0 Å². The lowest BCUT2D eigenvalue weighted by atomic mass is 10.3. The Balaban J connectivity index is 2.45. The van der Waals surface area contributed by atoms with Crippen molar-refractivity contribution in [3.05, 3.63) is 0 Å². The van der Waals surface area contributed by atoms with Gasteiger partial charge in [0.05, 0.1) is 0 Å². The molecule has 0 aromatic carbocycles. The molecule has 0 radical (unpaired) electrons. The van der Waals surface area contributed by atoms with Crippen LogP contribution in [0.2, 0.25) is 0 Å². The number of unbranched alkanes of at least 4 members (excludes halogenated alkanes) is 2. The number of hydrogen-bond acceptors (Lipinski definition) is 0. The lowest BCUT2D eigenvalue weighted by Gasteiger charge is -1.89. The Morgan fingerprint density at radius 1 is 1.14 bits per heavy atom. The van der Waals surface area contributed by atoms with Gasteiger partial charge in [-0.25, -0.2) is 0 Å². The third-order valence-corrected chi connectivity index (χ3v) is 2.09. The summed E-state index contributed by atoms with van der Waals surface area (Å²) in [4.78, 5) is 0. The summed E-state index contributed by atoms with van der Waals surface area (Å²) in [5.74, 6) is 0. The van der Waals surface area contributed by atoms with Crippen LogP contribution in [-0.4, -0.2) is 9.76 Å². The van der Waals surface area contributed by atoms with Crippen LogP contribution in [0.5, 0.6) is 0 Å². The molecule has 0 aromatic heterocycles. The van der Waals surface area contributed by atoms with Crippen molar-refractivity contribution in [2.75, 3.05) is 9.76 Å². The van der Waals surface area contributed by atoms with Crippen LogP contribution >= 0.6 is 38.5 Å². The van der Waals surface area contributed by atoms with Gasteiger partial charge in [-0.15, -0.1) is 0 Å². The van der Waals surface area contributed by atoms with E-state index in [1.165, 1.54) is 29.0 Å². The molecule has 0 spiro atoms. The topological polar surface area (TPSA) is 0 Å². The predicted octanol–water partition coefficient (Wildman–Crippen LogP) is 2.99. The Morgan fingerprint density at radius 2 is 1.86 bits per heavy atom. The second-order valence-corrected chi connectivity index (χ2v) is 3.31. The van der Waals surface area contributed by atoms with Crippen LogP contribution in [0, 0.1) is 0 Å². The van der Waals surface area contributed by atoms with Gasteiger partial charge in [-0.3, -0.25) is 0 Å². The summed E-state index contributed by atoms with van der Waals surface area (Å²) in [6.45, 7) is 0. The van der Waals surface area contributed by atoms with Gasteiger partial charge >= 0.3 is 0 Å². The van der Waals surface area contributed by atoms with Gasteiger partial charge in [0.1, 0.15) is 0 Å². The van der Waals surface area contributed by atoms with E-state index in [1.54, 1.807) is 0 Å². The molecule has 0 rings (SSSR count). The molecule has 0 atom stereocenters. The quantitative estimate of drug-likeness (QED) is 0.421. The Hall–Kier alpha value is 1.21. The molecule has 0 saturated carbocycles. The summed E-state index contributed by atoms with van der Waals surface area (Å²) >= 11 is 5.79. The van der Waals surface area contributed by atoms with E-state index in [-0.39, 0.29) is 0 Å². The minimum absolute atomic E-state index is 1.17.